The topological polar surface area (TPSA) is 32.8 Å². The highest BCUT2D eigenvalue weighted by Crippen LogP contribution is 2.15. The van der Waals surface area contributed by atoms with Crippen molar-refractivity contribution < 1.29 is 13.9 Å². The van der Waals surface area contributed by atoms with E-state index in [1.165, 1.54) is 12.1 Å². The summed E-state index contributed by atoms with van der Waals surface area (Å²) in [7, 11) is 0. The summed E-state index contributed by atoms with van der Waals surface area (Å²) in [5.41, 5.74) is 1.79. The maximum Gasteiger partial charge on any atom is 0.253 e. The minimum Gasteiger partial charge on any atom is -0.374 e. The number of hydrogen-bond donors (Lipinski definition) is 0. The summed E-state index contributed by atoms with van der Waals surface area (Å²) in [4.78, 5) is 17.2. The Balaban J connectivity index is 1.63. The summed E-state index contributed by atoms with van der Waals surface area (Å²) in [6, 6.07) is 16.1. The lowest BCUT2D eigenvalue weighted by Crippen LogP contribution is -2.49. The van der Waals surface area contributed by atoms with Gasteiger partial charge in [0.1, 0.15) is 5.82 Å². The Morgan fingerprint density at radius 1 is 1.18 bits per heavy atom. The van der Waals surface area contributed by atoms with Gasteiger partial charge in [-0.2, -0.15) is 0 Å². The number of rotatable bonds is 7. The Hall–Kier alpha value is -2.24. The SMILES string of the molecule is CC(C)CN(CC1CN(Cc2ccc(F)cc2)CCO1)C(=O)c1ccccc1. The van der Waals surface area contributed by atoms with Gasteiger partial charge >= 0.3 is 0 Å². The number of nitrogens with zero attached hydrogens (tertiary/aromatic N) is 2. The molecule has 150 valence electrons. The smallest absolute Gasteiger partial charge is 0.253 e. The van der Waals surface area contributed by atoms with Gasteiger partial charge in [0.05, 0.1) is 12.7 Å². The Morgan fingerprint density at radius 3 is 2.57 bits per heavy atom. The van der Waals surface area contributed by atoms with Crippen molar-refractivity contribution in [3.8, 4) is 0 Å². The molecule has 1 heterocycles. The molecule has 4 nitrogen and oxygen atoms in total. The highest BCUT2D eigenvalue weighted by atomic mass is 19.1. The summed E-state index contributed by atoms with van der Waals surface area (Å²) < 4.78 is 19.1. The second-order valence-electron chi connectivity index (χ2n) is 7.82. The molecular weight excluding hydrogens is 355 g/mol. The zero-order chi connectivity index (χ0) is 19.9. The third-order valence-electron chi connectivity index (χ3n) is 4.86. The van der Waals surface area contributed by atoms with Gasteiger partial charge in [-0.1, -0.05) is 44.2 Å². The summed E-state index contributed by atoms with van der Waals surface area (Å²) >= 11 is 0. The molecule has 1 amide bonds. The molecule has 0 bridgehead atoms. The molecule has 0 radical (unpaired) electrons. The van der Waals surface area contributed by atoms with E-state index in [1.54, 1.807) is 0 Å². The van der Waals surface area contributed by atoms with E-state index in [4.69, 9.17) is 4.74 Å². The van der Waals surface area contributed by atoms with Crippen LogP contribution in [0.1, 0.15) is 29.8 Å². The third-order valence-corrected chi connectivity index (χ3v) is 4.86. The van der Waals surface area contributed by atoms with Crippen molar-refractivity contribution >= 4 is 5.91 Å². The number of carbonyl (C=O) groups excluding carboxylic acids is 1. The van der Waals surface area contributed by atoms with E-state index >= 15 is 0 Å². The lowest BCUT2D eigenvalue weighted by molar-refractivity contribution is -0.0438. The molecule has 1 saturated heterocycles. The first-order valence-corrected chi connectivity index (χ1v) is 9.94. The molecule has 1 fully saturated rings. The van der Waals surface area contributed by atoms with Crippen LogP contribution < -0.4 is 0 Å². The maximum atomic E-state index is 13.1. The number of hydrogen-bond acceptors (Lipinski definition) is 3. The second-order valence-corrected chi connectivity index (χ2v) is 7.82. The van der Waals surface area contributed by atoms with Crippen LogP contribution in [0.5, 0.6) is 0 Å². The number of halogens is 1. The fourth-order valence-corrected chi connectivity index (χ4v) is 3.57. The van der Waals surface area contributed by atoms with Crippen molar-refractivity contribution in [1.29, 1.82) is 0 Å². The molecule has 1 aliphatic heterocycles. The summed E-state index contributed by atoms with van der Waals surface area (Å²) in [5.74, 6) is 0.215. The zero-order valence-corrected chi connectivity index (χ0v) is 16.7. The van der Waals surface area contributed by atoms with Crippen LogP contribution in [0.4, 0.5) is 4.39 Å². The van der Waals surface area contributed by atoms with Crippen LogP contribution in [0.25, 0.3) is 0 Å². The molecule has 5 heteroatoms. The first-order valence-electron chi connectivity index (χ1n) is 9.94. The molecule has 1 atom stereocenters. The fourth-order valence-electron chi connectivity index (χ4n) is 3.57. The minimum atomic E-state index is -0.215. The normalized spacial score (nSPS) is 17.6. The predicted octanol–water partition coefficient (Wildman–Crippen LogP) is 3.82. The minimum absolute atomic E-state index is 0.0272. The summed E-state index contributed by atoms with van der Waals surface area (Å²) in [6.45, 7) is 8.51. The fraction of sp³-hybridized carbons (Fsp3) is 0.435. The highest BCUT2D eigenvalue weighted by molar-refractivity contribution is 5.94. The molecule has 2 aromatic carbocycles. The molecule has 0 N–H and O–H groups in total. The van der Waals surface area contributed by atoms with Gasteiger partial charge in [0, 0.05) is 38.3 Å². The average molecular weight is 384 g/mol. The zero-order valence-electron chi connectivity index (χ0n) is 16.7. The maximum absolute atomic E-state index is 13.1. The standard InChI is InChI=1S/C23H29FN2O2/c1-18(2)14-26(23(27)20-6-4-3-5-7-20)17-22-16-25(12-13-28-22)15-19-8-10-21(24)11-9-19/h3-11,18,22H,12-17H2,1-2H3. The molecule has 0 aromatic heterocycles. The van der Waals surface area contributed by atoms with E-state index in [9.17, 15) is 9.18 Å². The van der Waals surface area contributed by atoms with Gasteiger partial charge in [0.25, 0.3) is 5.91 Å². The van der Waals surface area contributed by atoms with E-state index in [2.05, 4.69) is 18.7 Å². The van der Waals surface area contributed by atoms with E-state index in [0.717, 1.165) is 25.2 Å². The monoisotopic (exact) mass is 384 g/mol. The predicted molar refractivity (Wildman–Crippen MR) is 109 cm³/mol. The highest BCUT2D eigenvalue weighted by Gasteiger charge is 2.26. The van der Waals surface area contributed by atoms with Gasteiger partial charge in [-0.15, -0.1) is 0 Å². The second kappa shape index (κ2) is 9.80. The van der Waals surface area contributed by atoms with Crippen LogP contribution in [-0.4, -0.2) is 54.6 Å². The van der Waals surface area contributed by atoms with Crippen LogP contribution in [0.15, 0.2) is 54.6 Å². The van der Waals surface area contributed by atoms with E-state index in [1.807, 2.05) is 47.4 Å². The third kappa shape index (κ3) is 5.88. The van der Waals surface area contributed by atoms with Gasteiger partial charge < -0.3 is 9.64 Å². The van der Waals surface area contributed by atoms with Crippen LogP contribution in [0, 0.1) is 11.7 Å². The van der Waals surface area contributed by atoms with E-state index in [-0.39, 0.29) is 17.8 Å². The number of benzene rings is 2. The van der Waals surface area contributed by atoms with Gasteiger partial charge in [-0.05, 0) is 35.7 Å². The van der Waals surface area contributed by atoms with Crippen molar-refractivity contribution in [2.24, 2.45) is 5.92 Å². The van der Waals surface area contributed by atoms with E-state index < -0.39 is 0 Å². The number of carbonyl (C=O) groups is 1. The van der Waals surface area contributed by atoms with Crippen molar-refractivity contribution in [3.63, 3.8) is 0 Å². The van der Waals surface area contributed by atoms with Crippen molar-refractivity contribution in [3.05, 3.63) is 71.5 Å². The molecule has 0 saturated carbocycles. The number of ether oxygens (including phenoxy) is 1. The molecule has 0 aliphatic carbocycles. The molecule has 28 heavy (non-hydrogen) atoms. The van der Waals surface area contributed by atoms with E-state index in [0.29, 0.717) is 31.2 Å². The first kappa shape index (κ1) is 20.5. The molecule has 1 aliphatic rings. The van der Waals surface area contributed by atoms with Crippen LogP contribution in [0.3, 0.4) is 0 Å². The number of amides is 1. The van der Waals surface area contributed by atoms with Gasteiger partial charge in [-0.3, -0.25) is 9.69 Å². The van der Waals surface area contributed by atoms with Gasteiger partial charge in [-0.25, -0.2) is 4.39 Å². The Labute approximate surface area is 166 Å². The molecule has 2 aromatic rings. The quantitative estimate of drug-likeness (QED) is 0.727. The average Bonchev–Trinajstić information content (AvgIpc) is 2.69. The largest absolute Gasteiger partial charge is 0.374 e. The Kier molecular flexibility index (Phi) is 7.18. The van der Waals surface area contributed by atoms with Crippen molar-refractivity contribution in [2.45, 2.75) is 26.5 Å². The van der Waals surface area contributed by atoms with Crippen molar-refractivity contribution in [1.82, 2.24) is 9.80 Å². The van der Waals surface area contributed by atoms with Crippen LogP contribution >= 0.6 is 0 Å². The van der Waals surface area contributed by atoms with Gasteiger partial charge in [0.15, 0.2) is 0 Å². The Bertz CT molecular complexity index is 749. The first-order chi connectivity index (χ1) is 13.5. The summed E-state index contributed by atoms with van der Waals surface area (Å²) in [6.07, 6.45) is -0.0272. The van der Waals surface area contributed by atoms with Crippen LogP contribution in [0.2, 0.25) is 0 Å². The lowest BCUT2D eigenvalue weighted by Gasteiger charge is -2.36. The van der Waals surface area contributed by atoms with Crippen LogP contribution in [-0.2, 0) is 11.3 Å². The molecule has 0 spiro atoms. The van der Waals surface area contributed by atoms with Gasteiger partial charge in [0.2, 0.25) is 0 Å². The molecular formula is C23H29FN2O2. The molecule has 3 rings (SSSR count). The lowest BCUT2D eigenvalue weighted by atomic mass is 10.1. The Morgan fingerprint density at radius 2 is 1.89 bits per heavy atom. The number of morpholine rings is 1. The molecule has 1 unspecified atom stereocenters. The van der Waals surface area contributed by atoms with Crippen molar-refractivity contribution in [2.75, 3.05) is 32.8 Å². The summed E-state index contributed by atoms with van der Waals surface area (Å²) in [5, 5.41) is 0.